The van der Waals surface area contributed by atoms with Crippen molar-refractivity contribution in [1.29, 1.82) is 5.26 Å². The third kappa shape index (κ3) is 2.13. The highest BCUT2D eigenvalue weighted by atomic mass is 16.2. The predicted octanol–water partition coefficient (Wildman–Crippen LogP) is 1.61. The van der Waals surface area contributed by atoms with Crippen LogP contribution in [0.2, 0.25) is 0 Å². The number of carbonyl (C=O) groups excluding carboxylic acids is 1. The summed E-state index contributed by atoms with van der Waals surface area (Å²) in [6.45, 7) is 1.68. The van der Waals surface area contributed by atoms with Crippen molar-refractivity contribution >= 4 is 16.9 Å². The van der Waals surface area contributed by atoms with Crippen LogP contribution < -0.4 is 0 Å². The Labute approximate surface area is 105 Å². The third-order valence-corrected chi connectivity index (χ3v) is 2.80. The van der Waals surface area contributed by atoms with E-state index in [-0.39, 0.29) is 5.91 Å². The van der Waals surface area contributed by atoms with Gasteiger partial charge in [-0.15, -0.1) is 0 Å². The average molecular weight is 240 g/mol. The van der Waals surface area contributed by atoms with Gasteiger partial charge in [0.05, 0.1) is 17.1 Å². The molecule has 0 N–H and O–H groups in total. The highest BCUT2D eigenvalue weighted by Gasteiger charge is 2.17. The predicted molar refractivity (Wildman–Crippen MR) is 66.7 cm³/mol. The maximum Gasteiger partial charge on any atom is 0.254 e. The van der Waals surface area contributed by atoms with Crippen molar-refractivity contribution < 1.29 is 4.79 Å². The molecular formula is C13H12N4O. The van der Waals surface area contributed by atoms with Gasteiger partial charge in [-0.2, -0.15) is 5.26 Å². The van der Waals surface area contributed by atoms with E-state index in [1.165, 1.54) is 4.90 Å². The lowest BCUT2D eigenvalue weighted by Gasteiger charge is -2.19. The molecule has 0 saturated heterocycles. The molecule has 0 aliphatic heterocycles. The molecule has 0 radical (unpaired) electrons. The Bertz CT molecular complexity index is 632. The largest absolute Gasteiger partial charge is 0.326 e. The summed E-state index contributed by atoms with van der Waals surface area (Å²) >= 11 is 0. The van der Waals surface area contributed by atoms with E-state index in [2.05, 4.69) is 9.97 Å². The summed E-state index contributed by atoms with van der Waals surface area (Å²) in [5.74, 6) is -0.198. The minimum atomic E-state index is -0.463. The zero-order valence-electron chi connectivity index (χ0n) is 10.2. The summed E-state index contributed by atoms with van der Waals surface area (Å²) in [4.78, 5) is 21.8. The molecule has 1 amide bonds. The molecule has 0 saturated carbocycles. The molecule has 5 heteroatoms. The molecule has 18 heavy (non-hydrogen) atoms. The van der Waals surface area contributed by atoms with Gasteiger partial charge in [0.1, 0.15) is 6.04 Å². The van der Waals surface area contributed by atoms with Gasteiger partial charge in [0.15, 0.2) is 0 Å². The van der Waals surface area contributed by atoms with Crippen molar-refractivity contribution in [2.24, 2.45) is 0 Å². The average Bonchev–Trinajstić information content (AvgIpc) is 2.44. The molecule has 1 heterocycles. The molecule has 1 unspecified atom stereocenters. The minimum absolute atomic E-state index is 0.198. The molecule has 0 spiro atoms. The first-order valence-electron chi connectivity index (χ1n) is 5.51. The van der Waals surface area contributed by atoms with Gasteiger partial charge >= 0.3 is 0 Å². The fourth-order valence-corrected chi connectivity index (χ4v) is 1.56. The Balaban J connectivity index is 2.37. The van der Waals surface area contributed by atoms with Crippen molar-refractivity contribution in [3.8, 4) is 6.07 Å². The Kier molecular flexibility index (Phi) is 3.20. The van der Waals surface area contributed by atoms with Crippen molar-refractivity contribution in [2.45, 2.75) is 13.0 Å². The fraction of sp³-hybridized carbons (Fsp3) is 0.231. The van der Waals surface area contributed by atoms with Gasteiger partial charge in [-0.05, 0) is 25.1 Å². The van der Waals surface area contributed by atoms with Gasteiger partial charge in [0.25, 0.3) is 5.91 Å². The van der Waals surface area contributed by atoms with Gasteiger partial charge in [-0.1, -0.05) is 0 Å². The molecule has 1 aromatic heterocycles. The summed E-state index contributed by atoms with van der Waals surface area (Å²) in [7, 11) is 1.61. The van der Waals surface area contributed by atoms with Crippen LogP contribution in [-0.4, -0.2) is 33.9 Å². The molecular weight excluding hydrogens is 228 g/mol. The molecule has 5 nitrogen and oxygen atoms in total. The molecule has 1 aromatic carbocycles. The van der Waals surface area contributed by atoms with Crippen LogP contribution in [-0.2, 0) is 0 Å². The van der Waals surface area contributed by atoms with Crippen LogP contribution in [0.3, 0.4) is 0 Å². The second-order valence-electron chi connectivity index (χ2n) is 3.98. The van der Waals surface area contributed by atoms with E-state index >= 15 is 0 Å². The molecule has 0 bridgehead atoms. The van der Waals surface area contributed by atoms with Crippen LogP contribution in [0.1, 0.15) is 17.3 Å². The van der Waals surface area contributed by atoms with Gasteiger partial charge < -0.3 is 4.90 Å². The number of carbonyl (C=O) groups is 1. The molecule has 1 atom stereocenters. The van der Waals surface area contributed by atoms with E-state index < -0.39 is 6.04 Å². The van der Waals surface area contributed by atoms with Crippen LogP contribution in [0, 0.1) is 11.3 Å². The highest BCUT2D eigenvalue weighted by molar-refractivity contribution is 5.97. The normalized spacial score (nSPS) is 11.8. The van der Waals surface area contributed by atoms with Gasteiger partial charge in [-0.3, -0.25) is 14.8 Å². The molecule has 0 fully saturated rings. The maximum absolute atomic E-state index is 12.1. The first kappa shape index (κ1) is 12.0. The first-order chi connectivity index (χ1) is 8.63. The molecule has 0 aliphatic carbocycles. The number of benzene rings is 1. The number of nitriles is 1. The topological polar surface area (TPSA) is 69.9 Å². The zero-order valence-corrected chi connectivity index (χ0v) is 10.2. The van der Waals surface area contributed by atoms with E-state index in [0.717, 1.165) is 5.52 Å². The maximum atomic E-state index is 12.1. The lowest BCUT2D eigenvalue weighted by atomic mass is 10.1. The molecule has 2 rings (SSSR count). The summed E-state index contributed by atoms with van der Waals surface area (Å²) < 4.78 is 0. The van der Waals surface area contributed by atoms with Crippen LogP contribution in [0.5, 0.6) is 0 Å². The Morgan fingerprint density at radius 1 is 1.33 bits per heavy atom. The van der Waals surface area contributed by atoms with Crippen LogP contribution in [0.25, 0.3) is 11.0 Å². The van der Waals surface area contributed by atoms with Crippen molar-refractivity contribution in [1.82, 2.24) is 14.9 Å². The fourth-order valence-electron chi connectivity index (χ4n) is 1.56. The summed E-state index contributed by atoms with van der Waals surface area (Å²) in [6, 6.07) is 6.70. The van der Waals surface area contributed by atoms with Crippen molar-refractivity contribution in [3.05, 3.63) is 36.2 Å². The van der Waals surface area contributed by atoms with Crippen molar-refractivity contribution in [3.63, 3.8) is 0 Å². The lowest BCUT2D eigenvalue weighted by Crippen LogP contribution is -2.34. The number of nitrogens with zero attached hydrogens (tertiary/aromatic N) is 4. The van der Waals surface area contributed by atoms with E-state index in [1.807, 2.05) is 6.07 Å². The van der Waals surface area contributed by atoms with Crippen molar-refractivity contribution in [2.75, 3.05) is 7.05 Å². The SMILES string of the molecule is CC(C#N)N(C)C(=O)c1ccc2nccnc2c1. The second kappa shape index (κ2) is 4.80. The monoisotopic (exact) mass is 240 g/mol. The van der Waals surface area contributed by atoms with E-state index in [0.29, 0.717) is 11.1 Å². The Hall–Kier alpha value is -2.48. The van der Waals surface area contributed by atoms with Gasteiger partial charge in [0, 0.05) is 25.0 Å². The zero-order chi connectivity index (χ0) is 13.1. The van der Waals surface area contributed by atoms with E-state index in [4.69, 9.17) is 5.26 Å². The highest BCUT2D eigenvalue weighted by Crippen LogP contribution is 2.13. The molecule has 0 aliphatic rings. The number of rotatable bonds is 2. The third-order valence-electron chi connectivity index (χ3n) is 2.80. The molecule has 2 aromatic rings. The quantitative estimate of drug-likeness (QED) is 0.799. The minimum Gasteiger partial charge on any atom is -0.326 e. The number of aromatic nitrogens is 2. The first-order valence-corrected chi connectivity index (χ1v) is 5.51. The summed E-state index contributed by atoms with van der Waals surface area (Å²) in [6.07, 6.45) is 3.19. The van der Waals surface area contributed by atoms with E-state index in [9.17, 15) is 4.79 Å². The summed E-state index contributed by atoms with van der Waals surface area (Å²) in [5, 5.41) is 8.81. The number of amides is 1. The standard InChI is InChI=1S/C13H12N4O/c1-9(8-14)17(2)13(18)10-3-4-11-12(7-10)16-6-5-15-11/h3-7,9H,1-2H3. The summed E-state index contributed by atoms with van der Waals surface area (Å²) in [5.41, 5.74) is 1.92. The van der Waals surface area contributed by atoms with Crippen LogP contribution in [0.4, 0.5) is 0 Å². The smallest absolute Gasteiger partial charge is 0.254 e. The van der Waals surface area contributed by atoms with E-state index in [1.54, 1.807) is 44.6 Å². The second-order valence-corrected chi connectivity index (χ2v) is 3.98. The van der Waals surface area contributed by atoms with Gasteiger partial charge in [0.2, 0.25) is 0 Å². The Morgan fingerprint density at radius 3 is 2.67 bits per heavy atom. The number of hydrogen-bond donors (Lipinski definition) is 0. The Morgan fingerprint density at radius 2 is 2.00 bits per heavy atom. The number of fused-ring (bicyclic) bond motifs is 1. The van der Waals surface area contributed by atoms with Crippen LogP contribution >= 0.6 is 0 Å². The molecule has 90 valence electrons. The number of hydrogen-bond acceptors (Lipinski definition) is 4. The van der Waals surface area contributed by atoms with Gasteiger partial charge in [-0.25, -0.2) is 0 Å². The lowest BCUT2D eigenvalue weighted by molar-refractivity contribution is 0.0773. The van der Waals surface area contributed by atoms with Crippen LogP contribution in [0.15, 0.2) is 30.6 Å².